The Bertz CT molecular complexity index is 390. The lowest BCUT2D eigenvalue weighted by molar-refractivity contribution is 0.0270. The Kier molecular flexibility index (Phi) is 5.86. The molecule has 3 nitrogen and oxygen atoms in total. The van der Waals surface area contributed by atoms with E-state index in [0.29, 0.717) is 12.5 Å². The van der Waals surface area contributed by atoms with Crippen LogP contribution in [0.25, 0.3) is 0 Å². The first-order chi connectivity index (χ1) is 9.72. The van der Waals surface area contributed by atoms with Gasteiger partial charge in [-0.25, -0.2) is 0 Å². The zero-order valence-corrected chi connectivity index (χ0v) is 12.7. The van der Waals surface area contributed by atoms with E-state index in [9.17, 15) is 5.11 Å². The second kappa shape index (κ2) is 7.65. The van der Waals surface area contributed by atoms with E-state index in [0.717, 1.165) is 38.2 Å². The lowest BCUT2D eigenvalue weighted by Crippen LogP contribution is -2.44. The minimum atomic E-state index is -0.158. The van der Waals surface area contributed by atoms with Gasteiger partial charge < -0.3 is 14.7 Å². The molecule has 0 amide bonds. The molecule has 0 saturated carbocycles. The number of nitrogens with zero attached hydrogens (tertiary/aromatic N) is 1. The molecule has 1 N–H and O–H groups in total. The molecule has 3 heteroatoms. The van der Waals surface area contributed by atoms with Gasteiger partial charge in [0.25, 0.3) is 0 Å². The highest BCUT2D eigenvalue weighted by Crippen LogP contribution is 2.23. The summed E-state index contributed by atoms with van der Waals surface area (Å²) in [7, 11) is 0. The standard InChI is InChI=1S/C17H27NO2/c1-3-10-18-11-9-17(19)15(13-18)12-14-5-7-16(8-6-14)20-4-2/h5-8,15,17,19H,3-4,9-13H2,1-2H3. The molecular formula is C17H27NO2. The predicted octanol–water partition coefficient (Wildman–Crippen LogP) is 2.72. The molecule has 0 radical (unpaired) electrons. The highest BCUT2D eigenvalue weighted by Gasteiger charge is 2.27. The van der Waals surface area contributed by atoms with Crippen molar-refractivity contribution in [3.63, 3.8) is 0 Å². The van der Waals surface area contributed by atoms with Crippen LogP contribution in [0.5, 0.6) is 5.75 Å². The summed E-state index contributed by atoms with van der Waals surface area (Å²) in [5.74, 6) is 1.28. The molecule has 1 saturated heterocycles. The summed E-state index contributed by atoms with van der Waals surface area (Å²) in [6, 6.07) is 8.29. The summed E-state index contributed by atoms with van der Waals surface area (Å²) >= 11 is 0. The average Bonchev–Trinajstić information content (AvgIpc) is 2.45. The zero-order valence-electron chi connectivity index (χ0n) is 12.7. The van der Waals surface area contributed by atoms with E-state index in [1.807, 2.05) is 19.1 Å². The van der Waals surface area contributed by atoms with Gasteiger partial charge in [0.1, 0.15) is 5.75 Å². The van der Waals surface area contributed by atoms with Crippen molar-refractivity contribution in [2.45, 2.75) is 39.2 Å². The molecule has 1 aliphatic rings. The SMILES string of the molecule is CCCN1CCC(O)C(Cc2ccc(OCC)cc2)C1. The number of ether oxygens (including phenoxy) is 1. The normalized spacial score (nSPS) is 23.8. The topological polar surface area (TPSA) is 32.7 Å². The van der Waals surface area contributed by atoms with Gasteiger partial charge in [-0.05, 0) is 50.4 Å². The molecule has 112 valence electrons. The molecule has 0 bridgehead atoms. The van der Waals surface area contributed by atoms with Crippen molar-refractivity contribution in [2.75, 3.05) is 26.2 Å². The molecule has 2 rings (SSSR count). The highest BCUT2D eigenvalue weighted by atomic mass is 16.5. The number of piperidine rings is 1. The number of hydrogen-bond acceptors (Lipinski definition) is 3. The van der Waals surface area contributed by atoms with E-state index in [1.54, 1.807) is 0 Å². The van der Waals surface area contributed by atoms with Crippen LogP contribution in [0.1, 0.15) is 32.3 Å². The number of aliphatic hydroxyl groups is 1. The third-order valence-electron chi connectivity index (χ3n) is 4.05. The van der Waals surface area contributed by atoms with Gasteiger partial charge in [0.15, 0.2) is 0 Å². The zero-order chi connectivity index (χ0) is 14.4. The largest absolute Gasteiger partial charge is 0.494 e. The molecule has 0 aromatic heterocycles. The fourth-order valence-corrected chi connectivity index (χ4v) is 3.01. The number of rotatable bonds is 6. The Hall–Kier alpha value is -1.06. The second-order valence-electron chi connectivity index (χ2n) is 5.70. The number of aliphatic hydroxyl groups excluding tert-OH is 1. The quantitative estimate of drug-likeness (QED) is 0.868. The van der Waals surface area contributed by atoms with Gasteiger partial charge in [-0.15, -0.1) is 0 Å². The third kappa shape index (κ3) is 4.22. The third-order valence-corrected chi connectivity index (χ3v) is 4.05. The second-order valence-corrected chi connectivity index (χ2v) is 5.70. The molecule has 1 aromatic carbocycles. The number of likely N-dealkylation sites (tertiary alicyclic amines) is 1. The van der Waals surface area contributed by atoms with Crippen LogP contribution in [0, 0.1) is 5.92 Å². The van der Waals surface area contributed by atoms with Crippen LogP contribution in [0.2, 0.25) is 0 Å². The van der Waals surface area contributed by atoms with Gasteiger partial charge in [-0.2, -0.15) is 0 Å². The van der Waals surface area contributed by atoms with E-state index in [2.05, 4.69) is 24.0 Å². The van der Waals surface area contributed by atoms with Crippen molar-refractivity contribution in [1.82, 2.24) is 4.90 Å². The maximum absolute atomic E-state index is 10.2. The first-order valence-corrected chi connectivity index (χ1v) is 7.85. The lowest BCUT2D eigenvalue weighted by atomic mass is 9.88. The molecule has 20 heavy (non-hydrogen) atoms. The Morgan fingerprint density at radius 2 is 2.00 bits per heavy atom. The van der Waals surface area contributed by atoms with Crippen molar-refractivity contribution < 1.29 is 9.84 Å². The summed E-state index contributed by atoms with van der Waals surface area (Å²) in [6.45, 7) is 8.11. The van der Waals surface area contributed by atoms with E-state index in [1.165, 1.54) is 12.0 Å². The van der Waals surface area contributed by atoms with Crippen LogP contribution in [-0.2, 0) is 6.42 Å². The van der Waals surface area contributed by atoms with E-state index in [4.69, 9.17) is 4.74 Å². The fraction of sp³-hybridized carbons (Fsp3) is 0.647. The van der Waals surface area contributed by atoms with Gasteiger partial charge >= 0.3 is 0 Å². The van der Waals surface area contributed by atoms with Crippen LogP contribution in [0.3, 0.4) is 0 Å². The fourth-order valence-electron chi connectivity index (χ4n) is 3.01. The summed E-state index contributed by atoms with van der Waals surface area (Å²) in [4.78, 5) is 2.48. The van der Waals surface area contributed by atoms with Crippen LogP contribution in [0.15, 0.2) is 24.3 Å². The number of benzene rings is 1. The smallest absolute Gasteiger partial charge is 0.119 e. The van der Waals surface area contributed by atoms with Crippen molar-refractivity contribution in [3.05, 3.63) is 29.8 Å². The predicted molar refractivity (Wildman–Crippen MR) is 82.2 cm³/mol. The van der Waals surface area contributed by atoms with Gasteiger partial charge in [0.05, 0.1) is 12.7 Å². The lowest BCUT2D eigenvalue weighted by Gasteiger charge is -2.36. The average molecular weight is 277 g/mol. The first kappa shape index (κ1) is 15.3. The minimum Gasteiger partial charge on any atom is -0.494 e. The van der Waals surface area contributed by atoms with Crippen molar-refractivity contribution in [1.29, 1.82) is 0 Å². The molecule has 1 heterocycles. The molecule has 2 atom stereocenters. The van der Waals surface area contributed by atoms with Gasteiger partial charge in [0.2, 0.25) is 0 Å². The molecule has 1 aromatic rings. The van der Waals surface area contributed by atoms with Crippen LogP contribution in [-0.4, -0.2) is 42.4 Å². The maximum atomic E-state index is 10.2. The maximum Gasteiger partial charge on any atom is 0.119 e. The van der Waals surface area contributed by atoms with E-state index in [-0.39, 0.29) is 6.10 Å². The van der Waals surface area contributed by atoms with Crippen molar-refractivity contribution in [3.8, 4) is 5.75 Å². The van der Waals surface area contributed by atoms with Crippen LogP contribution >= 0.6 is 0 Å². The van der Waals surface area contributed by atoms with E-state index >= 15 is 0 Å². The number of hydrogen-bond donors (Lipinski definition) is 1. The Morgan fingerprint density at radius 1 is 1.25 bits per heavy atom. The van der Waals surface area contributed by atoms with Crippen molar-refractivity contribution in [2.24, 2.45) is 5.92 Å². The van der Waals surface area contributed by atoms with Crippen LogP contribution < -0.4 is 4.74 Å². The molecule has 0 aliphatic carbocycles. The molecule has 1 aliphatic heterocycles. The summed E-state index contributed by atoms with van der Waals surface area (Å²) < 4.78 is 5.46. The highest BCUT2D eigenvalue weighted by molar-refractivity contribution is 5.27. The molecule has 0 spiro atoms. The minimum absolute atomic E-state index is 0.158. The monoisotopic (exact) mass is 277 g/mol. The molecule has 1 fully saturated rings. The molecule has 2 unspecified atom stereocenters. The van der Waals surface area contributed by atoms with Crippen LogP contribution in [0.4, 0.5) is 0 Å². The Morgan fingerprint density at radius 3 is 2.65 bits per heavy atom. The van der Waals surface area contributed by atoms with Gasteiger partial charge in [0, 0.05) is 19.0 Å². The first-order valence-electron chi connectivity index (χ1n) is 7.85. The summed E-state index contributed by atoms with van der Waals surface area (Å²) in [6.07, 6.45) is 2.89. The molecular weight excluding hydrogens is 250 g/mol. The Balaban J connectivity index is 1.93. The Labute approximate surface area is 122 Å². The van der Waals surface area contributed by atoms with Crippen molar-refractivity contribution >= 4 is 0 Å². The van der Waals surface area contributed by atoms with Gasteiger partial charge in [-0.3, -0.25) is 0 Å². The van der Waals surface area contributed by atoms with Gasteiger partial charge in [-0.1, -0.05) is 19.1 Å². The summed E-state index contributed by atoms with van der Waals surface area (Å²) in [5.41, 5.74) is 1.29. The van der Waals surface area contributed by atoms with E-state index < -0.39 is 0 Å². The summed E-state index contributed by atoms with van der Waals surface area (Å²) in [5, 5.41) is 10.2.